The molecule has 0 amide bonds. The molecular weight excluding hydrogens is 357 g/mol. The normalized spacial score (nSPS) is 16.8. The summed E-state index contributed by atoms with van der Waals surface area (Å²) in [5.41, 5.74) is 1.25. The van der Waals surface area contributed by atoms with Crippen molar-refractivity contribution in [2.75, 3.05) is 45.4 Å². The molecule has 9 nitrogen and oxygen atoms in total. The molecule has 0 spiro atoms. The topological polar surface area (TPSA) is 94.8 Å². The van der Waals surface area contributed by atoms with E-state index < -0.39 is 7.94 Å². The van der Waals surface area contributed by atoms with Crippen LogP contribution >= 0.6 is 19.5 Å². The average Bonchev–Trinajstić information content (AvgIpc) is 2.91. The van der Waals surface area contributed by atoms with Crippen LogP contribution in [0.25, 0.3) is 11.2 Å². The van der Waals surface area contributed by atoms with E-state index in [1.54, 1.807) is 4.57 Å². The molecule has 1 fully saturated rings. The van der Waals surface area contributed by atoms with Crippen molar-refractivity contribution in [3.05, 3.63) is 11.1 Å². The predicted molar refractivity (Wildman–Crippen MR) is 92.6 cm³/mol. The Kier molecular flexibility index (Phi) is 5.19. The van der Waals surface area contributed by atoms with E-state index in [0.29, 0.717) is 49.1 Å². The van der Waals surface area contributed by atoms with Crippen molar-refractivity contribution in [2.45, 2.75) is 6.16 Å². The molecule has 0 saturated carbocycles. The van der Waals surface area contributed by atoms with Crippen LogP contribution in [0, 0.1) is 0 Å². The molecule has 0 unspecified atom stereocenters. The molecule has 0 aliphatic carbocycles. The summed E-state index contributed by atoms with van der Waals surface area (Å²) in [7, 11) is 1.37. The number of hydrogen-bond acceptors (Lipinski definition) is 8. The molecule has 1 saturated heterocycles. The van der Waals surface area contributed by atoms with Gasteiger partial charge in [-0.3, -0.25) is 0 Å². The van der Waals surface area contributed by atoms with Gasteiger partial charge in [-0.15, -0.1) is 0 Å². The van der Waals surface area contributed by atoms with E-state index in [2.05, 4.69) is 19.9 Å². The van der Waals surface area contributed by atoms with E-state index in [9.17, 15) is 4.89 Å². The van der Waals surface area contributed by atoms with Gasteiger partial charge in [-0.1, -0.05) is 0 Å². The number of halogens is 1. The van der Waals surface area contributed by atoms with E-state index in [4.69, 9.17) is 25.4 Å². The van der Waals surface area contributed by atoms with Gasteiger partial charge in [0.1, 0.15) is 0 Å². The standard InChI is InChI=1S/C13H21ClN5O4P/c1-18-9(8-24(20,21-2)22-3)15-10-11(18)16-13(14)17-12(10)19-4-6-23-7-5-19/h20,24H,4-8H2,1-3H3. The minimum atomic E-state index is -3.30. The van der Waals surface area contributed by atoms with Crippen molar-refractivity contribution in [2.24, 2.45) is 7.05 Å². The second-order valence-corrected chi connectivity index (χ2v) is 8.41. The Morgan fingerprint density at radius 3 is 2.50 bits per heavy atom. The maximum atomic E-state index is 10.4. The van der Waals surface area contributed by atoms with Crippen LogP contribution < -0.4 is 4.90 Å². The quantitative estimate of drug-likeness (QED) is 0.612. The van der Waals surface area contributed by atoms with Gasteiger partial charge in [0.25, 0.3) is 0 Å². The first-order chi connectivity index (χ1) is 11.5. The van der Waals surface area contributed by atoms with Gasteiger partial charge in [-0.25, -0.2) is 0 Å². The molecule has 0 atom stereocenters. The fraction of sp³-hybridized carbons (Fsp3) is 0.615. The number of aryl methyl sites for hydroxylation is 1. The SMILES string of the molecule is CO[PH](O)(Cc1nc2c(N3CCOCC3)nc(Cl)nc2n1C)OC. The fourth-order valence-corrected chi connectivity index (χ4v) is 3.98. The van der Waals surface area contributed by atoms with Crippen molar-refractivity contribution in [3.8, 4) is 0 Å². The fourth-order valence-electron chi connectivity index (χ4n) is 2.65. The third kappa shape index (κ3) is 3.33. The van der Waals surface area contributed by atoms with E-state index >= 15 is 0 Å². The Morgan fingerprint density at radius 2 is 1.88 bits per heavy atom. The van der Waals surface area contributed by atoms with Crippen LogP contribution in [0.1, 0.15) is 5.82 Å². The van der Waals surface area contributed by atoms with Gasteiger partial charge in [0.05, 0.1) is 0 Å². The zero-order valence-electron chi connectivity index (χ0n) is 13.8. The van der Waals surface area contributed by atoms with Crippen LogP contribution in [0.15, 0.2) is 0 Å². The third-order valence-corrected chi connectivity index (χ3v) is 6.30. The van der Waals surface area contributed by atoms with Crippen LogP contribution in [-0.2, 0) is 27.0 Å². The third-order valence-electron chi connectivity index (χ3n) is 4.10. The zero-order valence-corrected chi connectivity index (χ0v) is 15.6. The minimum absolute atomic E-state index is 0.157. The summed E-state index contributed by atoms with van der Waals surface area (Å²) in [5.74, 6) is 1.28. The van der Waals surface area contributed by atoms with E-state index in [1.165, 1.54) is 14.2 Å². The van der Waals surface area contributed by atoms with E-state index in [-0.39, 0.29) is 11.4 Å². The molecule has 134 valence electrons. The molecule has 0 radical (unpaired) electrons. The molecule has 0 aromatic carbocycles. The molecule has 11 heteroatoms. The van der Waals surface area contributed by atoms with Crippen LogP contribution in [0.3, 0.4) is 0 Å². The Balaban J connectivity index is 2.06. The molecule has 2 aromatic rings. The van der Waals surface area contributed by atoms with Crippen molar-refractivity contribution in [1.29, 1.82) is 0 Å². The van der Waals surface area contributed by atoms with Gasteiger partial charge in [0, 0.05) is 0 Å². The molecule has 1 aliphatic heterocycles. The summed E-state index contributed by atoms with van der Waals surface area (Å²) in [4.78, 5) is 25.7. The first kappa shape index (κ1) is 17.7. The van der Waals surface area contributed by atoms with Gasteiger partial charge in [-0.05, 0) is 0 Å². The summed E-state index contributed by atoms with van der Waals surface area (Å²) in [6, 6.07) is 0. The molecule has 3 heterocycles. The van der Waals surface area contributed by atoms with Crippen molar-refractivity contribution in [3.63, 3.8) is 0 Å². The number of imidazole rings is 1. The average molecular weight is 378 g/mol. The van der Waals surface area contributed by atoms with Gasteiger partial charge in [0.15, 0.2) is 0 Å². The number of morpholine rings is 1. The summed E-state index contributed by atoms with van der Waals surface area (Å²) in [6.07, 6.45) is 0.174. The van der Waals surface area contributed by atoms with Gasteiger partial charge in [0.2, 0.25) is 0 Å². The number of hydrogen-bond donors (Lipinski definition) is 1. The van der Waals surface area contributed by atoms with Crippen molar-refractivity contribution >= 4 is 36.5 Å². The molecule has 24 heavy (non-hydrogen) atoms. The summed E-state index contributed by atoms with van der Waals surface area (Å²) in [5, 5.41) is 0.157. The number of ether oxygens (including phenoxy) is 1. The van der Waals surface area contributed by atoms with Gasteiger partial charge >= 0.3 is 144 Å². The Bertz CT molecular complexity index is 733. The Hall–Kier alpha value is -1.09. The molecule has 2 aromatic heterocycles. The van der Waals surface area contributed by atoms with Gasteiger partial charge in [-0.2, -0.15) is 0 Å². The molecule has 3 rings (SSSR count). The number of fused-ring (bicyclic) bond motifs is 1. The number of aromatic nitrogens is 4. The maximum absolute atomic E-state index is 10.4. The molecular formula is C13H21ClN5O4P. The monoisotopic (exact) mass is 377 g/mol. The van der Waals surface area contributed by atoms with Crippen LogP contribution in [0.4, 0.5) is 5.82 Å². The zero-order chi connectivity index (χ0) is 17.3. The first-order valence-electron chi connectivity index (χ1n) is 7.51. The Labute approximate surface area is 145 Å². The number of rotatable bonds is 5. The van der Waals surface area contributed by atoms with Crippen molar-refractivity contribution in [1.82, 2.24) is 19.5 Å². The predicted octanol–water partition coefficient (Wildman–Crippen LogP) is 1.13. The number of nitrogens with zero attached hydrogens (tertiary/aromatic N) is 5. The summed E-state index contributed by atoms with van der Waals surface area (Å²) >= 11 is 6.10. The van der Waals surface area contributed by atoms with E-state index in [1.807, 2.05) is 7.05 Å². The summed E-state index contributed by atoms with van der Waals surface area (Å²) in [6.45, 7) is 2.68. The first-order valence-corrected chi connectivity index (χ1v) is 9.86. The van der Waals surface area contributed by atoms with Crippen molar-refractivity contribution < 1.29 is 18.7 Å². The van der Waals surface area contributed by atoms with Crippen LogP contribution in [0.5, 0.6) is 0 Å². The second kappa shape index (κ2) is 7.03. The van der Waals surface area contributed by atoms with Crippen LogP contribution in [-0.4, -0.2) is 64.9 Å². The van der Waals surface area contributed by atoms with E-state index in [0.717, 1.165) is 0 Å². The van der Waals surface area contributed by atoms with Crippen LogP contribution in [0.2, 0.25) is 5.28 Å². The Morgan fingerprint density at radius 1 is 1.21 bits per heavy atom. The second-order valence-electron chi connectivity index (χ2n) is 5.47. The van der Waals surface area contributed by atoms with Gasteiger partial charge < -0.3 is 0 Å². The molecule has 1 N–H and O–H groups in total. The molecule has 0 bridgehead atoms. The molecule has 1 aliphatic rings. The number of anilines is 1. The summed E-state index contributed by atoms with van der Waals surface area (Å²) < 4.78 is 17.4.